The molecule has 0 spiro atoms. The Morgan fingerprint density at radius 3 is 2.64 bits per heavy atom. The van der Waals surface area contributed by atoms with Gasteiger partial charge in [-0.25, -0.2) is 13.8 Å². The number of nitrogens with zero attached hydrogens (tertiary/aromatic N) is 1. The highest BCUT2D eigenvalue weighted by molar-refractivity contribution is 7.92. The number of fused-ring (bicyclic) bond motifs is 1. The van der Waals surface area contributed by atoms with Crippen molar-refractivity contribution < 1.29 is 33.0 Å². The zero-order valence-electron chi connectivity index (χ0n) is 10.7. The van der Waals surface area contributed by atoms with E-state index in [9.17, 15) is 23.1 Å². The van der Waals surface area contributed by atoms with Crippen LogP contribution in [0.2, 0.25) is 0 Å². The number of phenols is 1. The van der Waals surface area contributed by atoms with Crippen LogP contribution in [-0.4, -0.2) is 42.2 Å². The number of amides is 1. The smallest absolute Gasteiger partial charge is 0.506 e. The number of carbonyl (C=O) groups excluding carboxylic acids is 1. The van der Waals surface area contributed by atoms with E-state index in [-0.39, 0.29) is 17.3 Å². The minimum absolute atomic E-state index is 0.0856. The lowest BCUT2D eigenvalue weighted by Crippen LogP contribution is -2.29. The Morgan fingerprint density at radius 1 is 1.32 bits per heavy atom. The van der Waals surface area contributed by atoms with Crippen molar-refractivity contribution in [3.63, 3.8) is 0 Å². The first-order chi connectivity index (χ1) is 10.3. The van der Waals surface area contributed by atoms with Gasteiger partial charge in [-0.05, 0) is 12.1 Å². The Kier molecular flexibility index (Phi) is 2.88. The topological polar surface area (TPSA) is 149 Å². The molecule has 3 rings (SSSR count). The van der Waals surface area contributed by atoms with Crippen molar-refractivity contribution in [2.24, 2.45) is 0 Å². The van der Waals surface area contributed by atoms with E-state index >= 15 is 0 Å². The summed E-state index contributed by atoms with van der Waals surface area (Å²) in [6.45, 7) is -0.458. The molecule has 1 aliphatic heterocycles. The Bertz CT molecular complexity index is 902. The predicted octanol–water partition coefficient (Wildman–Crippen LogP) is 0.111. The lowest BCUT2D eigenvalue weighted by atomic mass is 10.2. The standard InChI is InChI=1S/C11H9N3O7S/c15-8-1-5-2-10(21-11(17)18)12-6(5)3-7(8)14-4-9(16)13-22(14,19)20/h1-3,12,15H,4H2,(H,13,16)(H,17,18). The van der Waals surface area contributed by atoms with Crippen LogP contribution < -0.4 is 13.8 Å². The van der Waals surface area contributed by atoms with Crippen molar-refractivity contribution in [3.05, 3.63) is 18.2 Å². The lowest BCUT2D eigenvalue weighted by Gasteiger charge is -2.15. The molecule has 2 aromatic rings. The van der Waals surface area contributed by atoms with E-state index in [1.165, 1.54) is 18.2 Å². The number of aromatic hydroxyl groups is 1. The Hall–Kier alpha value is -2.95. The van der Waals surface area contributed by atoms with Crippen LogP contribution in [0.4, 0.5) is 10.5 Å². The molecule has 116 valence electrons. The second-order valence-electron chi connectivity index (χ2n) is 4.47. The molecule has 1 fully saturated rings. The quantitative estimate of drug-likeness (QED) is 0.572. The summed E-state index contributed by atoms with van der Waals surface area (Å²) in [4.78, 5) is 24.3. The van der Waals surface area contributed by atoms with Crippen molar-refractivity contribution in [3.8, 4) is 11.6 Å². The molecule has 1 aromatic carbocycles. The zero-order chi connectivity index (χ0) is 16.1. The summed E-state index contributed by atoms with van der Waals surface area (Å²) < 4.78 is 30.5. The van der Waals surface area contributed by atoms with Gasteiger partial charge in [0.15, 0.2) is 0 Å². The van der Waals surface area contributed by atoms with Crippen molar-refractivity contribution >= 4 is 38.9 Å². The molecule has 0 atom stereocenters. The monoisotopic (exact) mass is 327 g/mol. The van der Waals surface area contributed by atoms with Gasteiger partial charge in [0.1, 0.15) is 12.3 Å². The number of carbonyl (C=O) groups is 2. The van der Waals surface area contributed by atoms with Crippen LogP contribution in [0.25, 0.3) is 10.9 Å². The van der Waals surface area contributed by atoms with Gasteiger partial charge >= 0.3 is 16.4 Å². The molecule has 0 radical (unpaired) electrons. The highest BCUT2D eigenvalue weighted by atomic mass is 32.2. The molecule has 2 heterocycles. The van der Waals surface area contributed by atoms with Gasteiger partial charge in [0.25, 0.3) is 5.91 Å². The average molecular weight is 327 g/mol. The van der Waals surface area contributed by atoms with Crippen LogP contribution in [0.3, 0.4) is 0 Å². The molecule has 10 nitrogen and oxygen atoms in total. The van der Waals surface area contributed by atoms with Crippen molar-refractivity contribution in [1.82, 2.24) is 9.71 Å². The normalized spacial score (nSPS) is 16.7. The highest BCUT2D eigenvalue weighted by Gasteiger charge is 2.35. The fourth-order valence-corrected chi connectivity index (χ4v) is 3.30. The van der Waals surface area contributed by atoms with Gasteiger partial charge in [0.05, 0.1) is 11.2 Å². The fraction of sp³-hybridized carbons (Fsp3) is 0.0909. The first-order valence-electron chi connectivity index (χ1n) is 5.86. The van der Waals surface area contributed by atoms with Crippen LogP contribution in [0, 0.1) is 0 Å². The molecule has 1 saturated heterocycles. The summed E-state index contributed by atoms with van der Waals surface area (Å²) in [7, 11) is -4.06. The molecule has 0 aliphatic carbocycles. The third-order valence-electron chi connectivity index (χ3n) is 2.98. The summed E-state index contributed by atoms with van der Waals surface area (Å²) in [6.07, 6.45) is -1.52. The largest absolute Gasteiger partial charge is 0.512 e. The first-order valence-corrected chi connectivity index (χ1v) is 7.30. The number of aromatic nitrogens is 1. The molecular formula is C11H9N3O7S. The first kappa shape index (κ1) is 14.0. The molecule has 11 heteroatoms. The Morgan fingerprint density at radius 2 is 2.05 bits per heavy atom. The van der Waals surface area contributed by atoms with Crippen LogP contribution >= 0.6 is 0 Å². The van der Waals surface area contributed by atoms with E-state index in [2.05, 4.69) is 9.72 Å². The van der Waals surface area contributed by atoms with Gasteiger partial charge < -0.3 is 19.9 Å². The molecule has 1 amide bonds. The number of H-pyrrole nitrogens is 1. The number of rotatable bonds is 2. The summed E-state index contributed by atoms with van der Waals surface area (Å²) >= 11 is 0. The number of aromatic amines is 1. The number of phenolic OH excluding ortho intramolecular Hbond substituents is 1. The van der Waals surface area contributed by atoms with E-state index in [4.69, 9.17) is 5.11 Å². The van der Waals surface area contributed by atoms with Gasteiger partial charge in [0.2, 0.25) is 5.88 Å². The van der Waals surface area contributed by atoms with Crippen LogP contribution in [0.5, 0.6) is 11.6 Å². The van der Waals surface area contributed by atoms with Gasteiger partial charge in [-0.15, -0.1) is 0 Å². The number of ether oxygens (including phenoxy) is 1. The number of benzene rings is 1. The third kappa shape index (κ3) is 2.26. The second kappa shape index (κ2) is 4.53. The number of nitrogens with one attached hydrogen (secondary N) is 2. The fourth-order valence-electron chi connectivity index (χ4n) is 2.14. The van der Waals surface area contributed by atoms with Gasteiger partial charge in [-0.2, -0.15) is 8.42 Å². The van der Waals surface area contributed by atoms with Gasteiger partial charge in [-0.1, -0.05) is 0 Å². The second-order valence-corrected chi connectivity index (χ2v) is 6.06. The molecule has 1 aliphatic rings. The van der Waals surface area contributed by atoms with Crippen molar-refractivity contribution in [2.75, 3.05) is 10.8 Å². The number of carboxylic acid groups (broad SMARTS) is 1. The van der Waals surface area contributed by atoms with E-state index in [1.807, 2.05) is 0 Å². The molecule has 0 unspecified atom stereocenters. The van der Waals surface area contributed by atoms with Crippen molar-refractivity contribution in [2.45, 2.75) is 0 Å². The van der Waals surface area contributed by atoms with Gasteiger partial charge in [0, 0.05) is 11.5 Å². The van der Waals surface area contributed by atoms with E-state index in [0.29, 0.717) is 15.2 Å². The van der Waals surface area contributed by atoms with E-state index in [0.717, 1.165) is 0 Å². The average Bonchev–Trinajstić information content (AvgIpc) is 2.86. The van der Waals surface area contributed by atoms with Crippen LogP contribution in [-0.2, 0) is 15.0 Å². The number of hydrogen-bond donors (Lipinski definition) is 4. The maximum absolute atomic E-state index is 11.8. The Balaban J connectivity index is 2.09. The molecule has 1 aromatic heterocycles. The number of anilines is 1. The molecule has 0 bridgehead atoms. The predicted molar refractivity (Wildman–Crippen MR) is 73.0 cm³/mol. The minimum Gasteiger partial charge on any atom is -0.506 e. The molecule has 22 heavy (non-hydrogen) atoms. The van der Waals surface area contributed by atoms with E-state index < -0.39 is 28.8 Å². The molecule has 0 saturated carbocycles. The zero-order valence-corrected chi connectivity index (χ0v) is 11.5. The van der Waals surface area contributed by atoms with Crippen LogP contribution in [0.15, 0.2) is 18.2 Å². The summed E-state index contributed by atoms with van der Waals surface area (Å²) in [6, 6.07) is 3.83. The van der Waals surface area contributed by atoms with E-state index in [1.54, 1.807) is 4.72 Å². The summed E-state index contributed by atoms with van der Waals surface area (Å²) in [5.41, 5.74) is 0.216. The van der Waals surface area contributed by atoms with Crippen LogP contribution in [0.1, 0.15) is 0 Å². The maximum Gasteiger partial charge on any atom is 0.512 e. The SMILES string of the molecule is O=C1CN(c2cc3[nH]c(OC(=O)O)cc3cc2O)S(=O)(=O)N1. The maximum atomic E-state index is 11.8. The Labute approximate surface area is 123 Å². The van der Waals surface area contributed by atoms with Gasteiger partial charge in [-0.3, -0.25) is 4.79 Å². The number of hydrogen-bond acceptors (Lipinski definition) is 6. The minimum atomic E-state index is -4.06. The lowest BCUT2D eigenvalue weighted by molar-refractivity contribution is -0.117. The third-order valence-corrected chi connectivity index (χ3v) is 4.37. The highest BCUT2D eigenvalue weighted by Crippen LogP contribution is 2.35. The molecule has 4 N–H and O–H groups in total. The van der Waals surface area contributed by atoms with Crippen molar-refractivity contribution in [1.29, 1.82) is 0 Å². The molecular weight excluding hydrogens is 318 g/mol. The summed E-state index contributed by atoms with van der Waals surface area (Å²) in [5.74, 6) is -1.19. The summed E-state index contributed by atoms with van der Waals surface area (Å²) in [5, 5.41) is 18.9.